The molecule has 0 saturated carbocycles. The maximum Gasteiger partial charge on any atom is 0.259 e. The molecule has 0 fully saturated rings. The highest BCUT2D eigenvalue weighted by Crippen LogP contribution is 2.35. The lowest BCUT2D eigenvalue weighted by molar-refractivity contribution is 0.102. The third-order valence-corrected chi connectivity index (χ3v) is 6.99. The van der Waals surface area contributed by atoms with Crippen LogP contribution >= 0.6 is 27.3 Å². The van der Waals surface area contributed by atoms with E-state index in [-0.39, 0.29) is 5.91 Å². The Hall–Kier alpha value is -3.30. The number of para-hydroxylation sites is 1. The fourth-order valence-electron chi connectivity index (χ4n) is 3.88. The summed E-state index contributed by atoms with van der Waals surface area (Å²) in [5.74, 6) is 0.360. The molecule has 0 spiro atoms. The van der Waals surface area contributed by atoms with Crippen LogP contribution in [0.15, 0.2) is 65.4 Å². The largest absolute Gasteiger partial charge is 0.496 e. The number of aromatic nitrogens is 3. The average Bonchev–Trinajstić information content (AvgIpc) is 3.26. The fourth-order valence-corrected chi connectivity index (χ4v) is 5.26. The fraction of sp³-hybridized carbons (Fsp3) is 0.167. The first kappa shape index (κ1) is 21.5. The van der Waals surface area contributed by atoms with Gasteiger partial charge in [0.25, 0.3) is 5.91 Å². The number of methoxy groups -OCH3 is 1. The second-order valence-electron chi connectivity index (χ2n) is 7.51. The molecule has 9 heteroatoms. The number of benzene rings is 2. The van der Waals surface area contributed by atoms with E-state index in [0.717, 1.165) is 35.2 Å². The van der Waals surface area contributed by atoms with Crippen molar-refractivity contribution in [1.29, 1.82) is 0 Å². The summed E-state index contributed by atoms with van der Waals surface area (Å²) in [6.07, 6.45) is 3.88. The van der Waals surface area contributed by atoms with E-state index in [1.165, 1.54) is 28.1 Å². The molecule has 5 rings (SSSR count). The minimum Gasteiger partial charge on any atom is -0.496 e. The van der Waals surface area contributed by atoms with Gasteiger partial charge in [-0.3, -0.25) is 10.1 Å². The number of ether oxygens (including phenoxy) is 1. The molecule has 1 aliphatic heterocycles. The maximum absolute atomic E-state index is 13.2. The van der Waals surface area contributed by atoms with Crippen molar-refractivity contribution in [1.82, 2.24) is 15.2 Å². The monoisotopic (exact) mass is 521 g/mol. The minimum absolute atomic E-state index is 0.284. The van der Waals surface area contributed by atoms with Gasteiger partial charge in [-0.15, -0.1) is 0 Å². The van der Waals surface area contributed by atoms with Gasteiger partial charge in [-0.05, 0) is 30.3 Å². The molecule has 1 amide bonds. The number of nitrogens with one attached hydrogen (secondary N) is 1. The summed E-state index contributed by atoms with van der Waals surface area (Å²) >= 11 is 5.00. The number of nitrogens with zero attached hydrogens (tertiary/aromatic N) is 4. The third kappa shape index (κ3) is 4.46. The molecule has 0 aliphatic carbocycles. The Morgan fingerprint density at radius 1 is 1.12 bits per heavy atom. The van der Waals surface area contributed by atoms with Crippen molar-refractivity contribution in [3.8, 4) is 16.9 Å². The molecule has 1 aliphatic rings. The second-order valence-corrected chi connectivity index (χ2v) is 9.51. The molecule has 166 valence electrons. The Balaban J connectivity index is 1.39. The molecule has 0 atom stereocenters. The van der Waals surface area contributed by atoms with E-state index in [2.05, 4.69) is 53.5 Å². The van der Waals surface area contributed by atoms with Gasteiger partial charge in [0, 0.05) is 39.1 Å². The standard InChI is InChI=1S/C24H20BrN5O2S/c1-32-21-8-7-15(25)11-17(21)18-12-26-27-13-19(18)23(31)29-24-28-20-9-10-30(14-22(20)33-24)16-5-3-2-4-6-16/h2-8,11-13H,9-10,14H2,1H3,(H,28,29,31). The van der Waals surface area contributed by atoms with Gasteiger partial charge in [0.15, 0.2) is 5.13 Å². The number of amides is 1. The topological polar surface area (TPSA) is 80.2 Å². The van der Waals surface area contributed by atoms with E-state index >= 15 is 0 Å². The van der Waals surface area contributed by atoms with Crippen molar-refractivity contribution in [3.63, 3.8) is 0 Å². The van der Waals surface area contributed by atoms with Crippen molar-refractivity contribution in [3.05, 3.63) is 81.5 Å². The van der Waals surface area contributed by atoms with Crippen molar-refractivity contribution in [2.24, 2.45) is 0 Å². The van der Waals surface area contributed by atoms with Gasteiger partial charge in [0.1, 0.15) is 5.75 Å². The van der Waals surface area contributed by atoms with Gasteiger partial charge in [-0.1, -0.05) is 45.5 Å². The summed E-state index contributed by atoms with van der Waals surface area (Å²) in [4.78, 5) is 21.4. The lowest BCUT2D eigenvalue weighted by Gasteiger charge is -2.28. The van der Waals surface area contributed by atoms with Crippen molar-refractivity contribution >= 4 is 44.0 Å². The molecule has 33 heavy (non-hydrogen) atoms. The van der Waals surface area contributed by atoms with E-state index in [9.17, 15) is 4.79 Å². The number of thiazole rings is 1. The number of hydrogen-bond acceptors (Lipinski definition) is 7. The summed E-state index contributed by atoms with van der Waals surface area (Å²) < 4.78 is 6.37. The van der Waals surface area contributed by atoms with Crippen LogP contribution in [0.2, 0.25) is 0 Å². The summed E-state index contributed by atoms with van der Waals surface area (Å²) in [6.45, 7) is 1.68. The first-order chi connectivity index (χ1) is 16.1. The number of carbonyl (C=O) groups is 1. The van der Waals surface area contributed by atoms with Crippen LogP contribution in [0.3, 0.4) is 0 Å². The lowest BCUT2D eigenvalue weighted by atomic mass is 10.0. The van der Waals surface area contributed by atoms with Crippen LogP contribution in [0.1, 0.15) is 20.9 Å². The zero-order chi connectivity index (χ0) is 22.8. The van der Waals surface area contributed by atoms with Crippen molar-refractivity contribution in [2.75, 3.05) is 23.9 Å². The molecular formula is C24H20BrN5O2S. The predicted octanol–water partition coefficient (Wildman–Crippen LogP) is 5.19. The van der Waals surface area contributed by atoms with Crippen molar-refractivity contribution < 1.29 is 9.53 Å². The zero-order valence-electron chi connectivity index (χ0n) is 17.8. The molecule has 2 aromatic heterocycles. The van der Waals surface area contributed by atoms with Crippen LogP contribution < -0.4 is 15.0 Å². The number of fused-ring (bicyclic) bond motifs is 1. The second kappa shape index (κ2) is 9.29. The molecule has 7 nitrogen and oxygen atoms in total. The number of anilines is 2. The quantitative estimate of drug-likeness (QED) is 0.389. The Kier molecular flexibility index (Phi) is 6.06. The molecule has 2 aromatic carbocycles. The number of halogens is 1. The highest BCUT2D eigenvalue weighted by atomic mass is 79.9. The molecule has 0 saturated heterocycles. The van der Waals surface area contributed by atoms with Gasteiger partial charge in [-0.2, -0.15) is 10.2 Å². The molecule has 0 radical (unpaired) electrons. The molecule has 0 bridgehead atoms. The van der Waals surface area contributed by atoms with Crippen LogP contribution in [0, 0.1) is 0 Å². The van der Waals surface area contributed by atoms with Crippen molar-refractivity contribution in [2.45, 2.75) is 13.0 Å². The van der Waals surface area contributed by atoms with E-state index in [4.69, 9.17) is 4.74 Å². The van der Waals surface area contributed by atoms with Gasteiger partial charge >= 0.3 is 0 Å². The summed E-state index contributed by atoms with van der Waals surface area (Å²) in [5, 5.41) is 11.5. The Labute approximate surface area is 203 Å². The summed E-state index contributed by atoms with van der Waals surface area (Å²) in [5.41, 5.74) is 4.03. The Bertz CT molecular complexity index is 1310. The van der Waals surface area contributed by atoms with Crippen LogP contribution in [0.25, 0.3) is 11.1 Å². The summed E-state index contributed by atoms with van der Waals surface area (Å²) in [7, 11) is 1.60. The number of hydrogen-bond donors (Lipinski definition) is 1. The molecule has 4 aromatic rings. The van der Waals surface area contributed by atoms with Crippen LogP contribution in [-0.2, 0) is 13.0 Å². The molecular weight excluding hydrogens is 502 g/mol. The maximum atomic E-state index is 13.2. The normalized spacial score (nSPS) is 12.8. The highest BCUT2D eigenvalue weighted by Gasteiger charge is 2.23. The molecule has 0 unspecified atom stereocenters. The highest BCUT2D eigenvalue weighted by molar-refractivity contribution is 9.10. The SMILES string of the molecule is COc1ccc(Br)cc1-c1cnncc1C(=O)Nc1nc2c(s1)CN(c1ccccc1)CC2. The lowest BCUT2D eigenvalue weighted by Crippen LogP contribution is -2.29. The van der Waals surface area contributed by atoms with Gasteiger partial charge in [0.05, 0.1) is 37.3 Å². The number of rotatable bonds is 5. The predicted molar refractivity (Wildman–Crippen MR) is 133 cm³/mol. The summed E-state index contributed by atoms with van der Waals surface area (Å²) in [6, 6.07) is 16.0. The van der Waals surface area contributed by atoms with Gasteiger partial charge in [0.2, 0.25) is 0 Å². The third-order valence-electron chi connectivity index (χ3n) is 5.50. The first-order valence-electron chi connectivity index (χ1n) is 10.4. The Morgan fingerprint density at radius 2 is 1.94 bits per heavy atom. The van der Waals surface area contributed by atoms with E-state index < -0.39 is 0 Å². The van der Waals surface area contributed by atoms with Crippen LogP contribution in [0.4, 0.5) is 10.8 Å². The smallest absolute Gasteiger partial charge is 0.259 e. The van der Waals surface area contributed by atoms with E-state index in [0.29, 0.717) is 22.0 Å². The average molecular weight is 522 g/mol. The van der Waals surface area contributed by atoms with Gasteiger partial charge < -0.3 is 9.64 Å². The zero-order valence-corrected chi connectivity index (χ0v) is 20.2. The van der Waals surface area contributed by atoms with Crippen LogP contribution in [0.5, 0.6) is 5.75 Å². The first-order valence-corrected chi connectivity index (χ1v) is 12.0. The number of carbonyl (C=O) groups excluding carboxylic acids is 1. The Morgan fingerprint density at radius 3 is 2.76 bits per heavy atom. The minimum atomic E-state index is -0.284. The molecule has 3 heterocycles. The van der Waals surface area contributed by atoms with E-state index in [1.54, 1.807) is 13.3 Å². The van der Waals surface area contributed by atoms with Crippen LogP contribution in [-0.4, -0.2) is 34.7 Å². The van der Waals surface area contributed by atoms with E-state index in [1.807, 2.05) is 36.4 Å². The molecule has 1 N–H and O–H groups in total. The van der Waals surface area contributed by atoms with Gasteiger partial charge in [-0.25, -0.2) is 4.98 Å².